The highest BCUT2D eigenvalue weighted by atomic mass is 16.5. The van der Waals surface area contributed by atoms with Gasteiger partial charge in [0.15, 0.2) is 11.9 Å². The topological polar surface area (TPSA) is 79.0 Å². The van der Waals surface area contributed by atoms with Gasteiger partial charge < -0.3 is 15.4 Å². The third-order valence-corrected chi connectivity index (χ3v) is 4.28. The van der Waals surface area contributed by atoms with Crippen molar-refractivity contribution in [3.05, 3.63) is 41.1 Å². The SMILES string of the molecule is CC(Oc1ccc(C(C)C)cc1)C(=O)Nc1n[nH]c2c1CNCC2. The quantitative estimate of drug-likeness (QED) is 0.788. The van der Waals surface area contributed by atoms with Gasteiger partial charge in [0.05, 0.1) is 0 Å². The summed E-state index contributed by atoms with van der Waals surface area (Å²) in [5.41, 5.74) is 3.36. The summed E-state index contributed by atoms with van der Waals surface area (Å²) in [7, 11) is 0. The van der Waals surface area contributed by atoms with E-state index < -0.39 is 6.10 Å². The van der Waals surface area contributed by atoms with Gasteiger partial charge in [0, 0.05) is 30.8 Å². The third kappa shape index (κ3) is 3.59. The lowest BCUT2D eigenvalue weighted by Crippen LogP contribution is -2.31. The zero-order valence-corrected chi connectivity index (χ0v) is 14.3. The Hall–Kier alpha value is -2.34. The van der Waals surface area contributed by atoms with Crippen molar-refractivity contribution >= 4 is 11.7 Å². The molecule has 1 unspecified atom stereocenters. The van der Waals surface area contributed by atoms with Crippen LogP contribution in [0.3, 0.4) is 0 Å². The zero-order chi connectivity index (χ0) is 17.1. The van der Waals surface area contributed by atoms with Crippen LogP contribution in [-0.2, 0) is 17.8 Å². The molecule has 1 aliphatic heterocycles. The number of nitrogens with one attached hydrogen (secondary N) is 3. The first-order chi connectivity index (χ1) is 11.5. The van der Waals surface area contributed by atoms with Gasteiger partial charge in [0.25, 0.3) is 5.91 Å². The van der Waals surface area contributed by atoms with Crippen molar-refractivity contribution in [2.45, 2.75) is 45.8 Å². The van der Waals surface area contributed by atoms with Crippen molar-refractivity contribution in [2.75, 3.05) is 11.9 Å². The highest BCUT2D eigenvalue weighted by Crippen LogP contribution is 2.21. The van der Waals surface area contributed by atoms with E-state index in [9.17, 15) is 4.79 Å². The Labute approximate surface area is 142 Å². The van der Waals surface area contributed by atoms with Crippen molar-refractivity contribution in [3.63, 3.8) is 0 Å². The van der Waals surface area contributed by atoms with E-state index in [2.05, 4.69) is 34.7 Å². The standard InChI is InChI=1S/C18H24N4O2/c1-11(2)13-4-6-14(7-5-13)24-12(3)18(23)20-17-15-10-19-9-8-16(15)21-22-17/h4-7,11-12,19H,8-10H2,1-3H3,(H2,20,21,22,23). The molecule has 1 amide bonds. The van der Waals surface area contributed by atoms with E-state index in [4.69, 9.17) is 4.74 Å². The Kier molecular flexibility index (Phi) is 4.85. The highest BCUT2D eigenvalue weighted by molar-refractivity contribution is 5.94. The number of benzene rings is 1. The number of rotatable bonds is 5. The van der Waals surface area contributed by atoms with Crippen LogP contribution >= 0.6 is 0 Å². The Balaban J connectivity index is 1.61. The molecule has 1 aromatic carbocycles. The fraction of sp³-hybridized carbons (Fsp3) is 0.444. The molecule has 3 rings (SSSR count). The van der Waals surface area contributed by atoms with Crippen LogP contribution in [0, 0.1) is 0 Å². The molecule has 0 aliphatic carbocycles. The van der Waals surface area contributed by atoms with E-state index in [1.165, 1.54) is 5.56 Å². The number of carbonyl (C=O) groups is 1. The average molecular weight is 328 g/mol. The molecule has 6 nitrogen and oxygen atoms in total. The summed E-state index contributed by atoms with van der Waals surface area (Å²) in [6.45, 7) is 7.67. The van der Waals surface area contributed by atoms with Crippen LogP contribution in [0.5, 0.6) is 5.75 Å². The molecule has 2 heterocycles. The van der Waals surface area contributed by atoms with E-state index >= 15 is 0 Å². The number of aromatic nitrogens is 2. The Morgan fingerprint density at radius 3 is 2.71 bits per heavy atom. The molecule has 1 atom stereocenters. The summed E-state index contributed by atoms with van der Waals surface area (Å²) in [6.07, 6.45) is 0.297. The Morgan fingerprint density at radius 2 is 2.00 bits per heavy atom. The molecule has 0 saturated carbocycles. The van der Waals surface area contributed by atoms with Gasteiger partial charge >= 0.3 is 0 Å². The van der Waals surface area contributed by atoms with Crippen molar-refractivity contribution in [1.82, 2.24) is 15.5 Å². The lowest BCUT2D eigenvalue weighted by molar-refractivity contribution is -0.122. The second kappa shape index (κ2) is 7.05. The van der Waals surface area contributed by atoms with Crippen molar-refractivity contribution in [2.24, 2.45) is 0 Å². The lowest BCUT2D eigenvalue weighted by atomic mass is 10.0. The summed E-state index contributed by atoms with van der Waals surface area (Å²) in [4.78, 5) is 12.4. The van der Waals surface area contributed by atoms with Gasteiger partial charge in [-0.3, -0.25) is 9.89 Å². The molecule has 6 heteroatoms. The van der Waals surface area contributed by atoms with Crippen molar-refractivity contribution in [1.29, 1.82) is 0 Å². The Bertz CT molecular complexity index is 706. The first-order valence-corrected chi connectivity index (χ1v) is 8.39. The van der Waals surface area contributed by atoms with Crippen LogP contribution in [0.2, 0.25) is 0 Å². The number of ether oxygens (including phenoxy) is 1. The number of anilines is 1. The van der Waals surface area contributed by atoms with Gasteiger partial charge in [-0.05, 0) is 30.5 Å². The lowest BCUT2D eigenvalue weighted by Gasteiger charge is -2.16. The largest absolute Gasteiger partial charge is 0.481 e. The van der Waals surface area contributed by atoms with Gasteiger partial charge in [0.1, 0.15) is 5.75 Å². The number of nitrogens with zero attached hydrogens (tertiary/aromatic N) is 1. The number of fused-ring (bicyclic) bond motifs is 1. The molecule has 0 radical (unpaired) electrons. The van der Waals surface area contributed by atoms with Crippen LogP contribution in [0.15, 0.2) is 24.3 Å². The number of aromatic amines is 1. The second-order valence-corrected chi connectivity index (χ2v) is 6.43. The van der Waals surface area contributed by atoms with Crippen LogP contribution in [-0.4, -0.2) is 28.8 Å². The van der Waals surface area contributed by atoms with E-state index in [1.807, 2.05) is 24.3 Å². The van der Waals surface area contributed by atoms with Crippen molar-refractivity contribution < 1.29 is 9.53 Å². The average Bonchev–Trinajstić information content (AvgIpc) is 2.98. The maximum atomic E-state index is 12.4. The van der Waals surface area contributed by atoms with Gasteiger partial charge in [-0.25, -0.2) is 0 Å². The van der Waals surface area contributed by atoms with Crippen LogP contribution in [0.25, 0.3) is 0 Å². The minimum atomic E-state index is -0.598. The molecule has 24 heavy (non-hydrogen) atoms. The summed E-state index contributed by atoms with van der Waals surface area (Å²) in [5.74, 6) is 1.54. The predicted octanol–water partition coefficient (Wildman–Crippen LogP) is 2.58. The number of amides is 1. The maximum Gasteiger partial charge on any atom is 0.266 e. The number of hydrogen-bond acceptors (Lipinski definition) is 4. The third-order valence-electron chi connectivity index (χ3n) is 4.28. The fourth-order valence-corrected chi connectivity index (χ4v) is 2.74. The smallest absolute Gasteiger partial charge is 0.266 e. The van der Waals surface area contributed by atoms with Gasteiger partial charge in [-0.1, -0.05) is 26.0 Å². The number of hydrogen-bond donors (Lipinski definition) is 3. The molecule has 3 N–H and O–H groups in total. The van der Waals surface area contributed by atoms with Crippen LogP contribution in [0.1, 0.15) is 43.5 Å². The molecular weight excluding hydrogens is 304 g/mol. The normalized spacial score (nSPS) is 15.0. The molecule has 128 valence electrons. The molecule has 1 aliphatic rings. The first kappa shape index (κ1) is 16.5. The molecular formula is C18H24N4O2. The summed E-state index contributed by atoms with van der Waals surface area (Å²) < 4.78 is 5.74. The van der Waals surface area contributed by atoms with E-state index in [0.717, 1.165) is 24.2 Å². The monoisotopic (exact) mass is 328 g/mol. The predicted molar refractivity (Wildman–Crippen MR) is 93.2 cm³/mol. The van der Waals surface area contributed by atoms with Gasteiger partial charge in [-0.15, -0.1) is 0 Å². The minimum absolute atomic E-state index is 0.206. The van der Waals surface area contributed by atoms with E-state index in [0.29, 0.717) is 24.0 Å². The van der Waals surface area contributed by atoms with Crippen LogP contribution < -0.4 is 15.4 Å². The molecule has 1 aromatic heterocycles. The summed E-state index contributed by atoms with van der Waals surface area (Å²) in [6, 6.07) is 7.86. The number of carbonyl (C=O) groups excluding carboxylic acids is 1. The molecule has 0 fully saturated rings. The summed E-state index contributed by atoms with van der Waals surface area (Å²) >= 11 is 0. The minimum Gasteiger partial charge on any atom is -0.481 e. The van der Waals surface area contributed by atoms with Crippen LogP contribution in [0.4, 0.5) is 5.82 Å². The summed E-state index contributed by atoms with van der Waals surface area (Å²) in [5, 5.41) is 13.3. The zero-order valence-electron chi connectivity index (χ0n) is 14.3. The van der Waals surface area contributed by atoms with Gasteiger partial charge in [0.2, 0.25) is 0 Å². The molecule has 2 aromatic rings. The van der Waals surface area contributed by atoms with E-state index in [1.54, 1.807) is 6.92 Å². The van der Waals surface area contributed by atoms with E-state index in [-0.39, 0.29) is 5.91 Å². The molecule has 0 saturated heterocycles. The maximum absolute atomic E-state index is 12.4. The first-order valence-electron chi connectivity index (χ1n) is 8.39. The fourth-order valence-electron chi connectivity index (χ4n) is 2.74. The van der Waals surface area contributed by atoms with Gasteiger partial charge in [-0.2, -0.15) is 5.10 Å². The molecule has 0 bridgehead atoms. The Morgan fingerprint density at radius 1 is 1.25 bits per heavy atom. The highest BCUT2D eigenvalue weighted by Gasteiger charge is 2.21. The molecule has 0 spiro atoms. The second-order valence-electron chi connectivity index (χ2n) is 6.43. The van der Waals surface area contributed by atoms with Crippen molar-refractivity contribution in [3.8, 4) is 5.75 Å². The number of H-pyrrole nitrogens is 1.